The number of hydrogen-bond acceptors (Lipinski definition) is 0. The van der Waals surface area contributed by atoms with Crippen LogP contribution in [0.4, 0.5) is 0 Å². The molecule has 0 aromatic rings. The van der Waals surface area contributed by atoms with E-state index in [9.17, 15) is 0 Å². The van der Waals surface area contributed by atoms with E-state index < -0.39 is 0 Å². The smallest absolute Gasteiger partial charge is 0.00445 e. The lowest BCUT2D eigenvalue weighted by atomic mass is 10.2. The van der Waals surface area contributed by atoms with Crippen molar-refractivity contribution >= 4 is 0 Å². The normalized spacial score (nSPS) is 34.2. The molecular formula is C9H12. The van der Waals surface area contributed by atoms with E-state index >= 15 is 0 Å². The van der Waals surface area contributed by atoms with Gasteiger partial charge >= 0.3 is 0 Å². The van der Waals surface area contributed by atoms with Crippen LogP contribution in [0.15, 0.2) is 37.5 Å². The number of rotatable bonds is 0. The second-order valence-electron chi connectivity index (χ2n) is 2.33. The van der Waals surface area contributed by atoms with Crippen molar-refractivity contribution in [1.29, 1.82) is 0 Å². The molecule has 0 aromatic heterocycles. The monoisotopic (exact) mass is 120 g/mol. The van der Waals surface area contributed by atoms with Crippen LogP contribution in [-0.2, 0) is 0 Å². The molecule has 0 unspecified atom stereocenters. The lowest BCUT2D eigenvalue weighted by Crippen LogP contribution is -1.79. The van der Waals surface area contributed by atoms with Crippen LogP contribution in [0.1, 0.15) is 6.42 Å². The fourth-order valence-electron chi connectivity index (χ4n) is 1.33. The molecule has 0 radical (unpaired) electrons. The molecule has 2 rings (SSSR count). The molecule has 0 saturated heterocycles. The molecule has 0 heteroatoms. The Morgan fingerprint density at radius 2 is 1.22 bits per heavy atom. The van der Waals surface area contributed by atoms with E-state index in [1.165, 1.54) is 6.42 Å². The minimum absolute atomic E-state index is 0.810. The van der Waals surface area contributed by atoms with Gasteiger partial charge in [0.1, 0.15) is 0 Å². The Morgan fingerprint density at radius 3 is 1.33 bits per heavy atom. The standard InChI is InChI=1S/C7H8.C2H4/c1-2-7-4-3-6(1)5-7;1-2/h1-4,6-7H,5H2;1-2H2. The quantitative estimate of drug-likeness (QED) is 0.431. The predicted octanol–water partition coefficient (Wildman–Crippen LogP) is 2.55. The first-order valence-corrected chi connectivity index (χ1v) is 3.32. The molecule has 9 heavy (non-hydrogen) atoms. The Hall–Kier alpha value is -0.780. The van der Waals surface area contributed by atoms with E-state index in [4.69, 9.17) is 0 Å². The van der Waals surface area contributed by atoms with Crippen molar-refractivity contribution in [2.24, 2.45) is 11.8 Å². The van der Waals surface area contributed by atoms with Crippen LogP contribution in [0, 0.1) is 11.8 Å². The molecule has 0 spiro atoms. The summed E-state index contributed by atoms with van der Waals surface area (Å²) in [6, 6.07) is 0. The summed E-state index contributed by atoms with van der Waals surface area (Å²) in [5.41, 5.74) is 0. The van der Waals surface area contributed by atoms with Crippen molar-refractivity contribution < 1.29 is 0 Å². The van der Waals surface area contributed by atoms with Crippen molar-refractivity contribution in [1.82, 2.24) is 0 Å². The zero-order valence-corrected chi connectivity index (χ0v) is 5.59. The average molecular weight is 120 g/mol. The van der Waals surface area contributed by atoms with Gasteiger partial charge in [-0.1, -0.05) is 24.3 Å². The molecule has 2 aliphatic carbocycles. The second-order valence-corrected chi connectivity index (χ2v) is 2.33. The van der Waals surface area contributed by atoms with Crippen molar-refractivity contribution in [3.8, 4) is 0 Å². The second kappa shape index (κ2) is 2.67. The highest BCUT2D eigenvalue weighted by molar-refractivity contribution is 5.21. The van der Waals surface area contributed by atoms with Crippen LogP contribution in [0.3, 0.4) is 0 Å². The largest absolute Gasteiger partial charge is 0.106 e. The molecule has 48 valence electrons. The van der Waals surface area contributed by atoms with E-state index in [1.54, 1.807) is 0 Å². The third kappa shape index (κ3) is 1.13. The molecule has 0 N–H and O–H groups in total. The summed E-state index contributed by atoms with van der Waals surface area (Å²) in [5.74, 6) is 1.62. The molecular weight excluding hydrogens is 108 g/mol. The van der Waals surface area contributed by atoms with Gasteiger partial charge in [-0.3, -0.25) is 0 Å². The zero-order valence-electron chi connectivity index (χ0n) is 5.59. The molecule has 0 aromatic carbocycles. The van der Waals surface area contributed by atoms with E-state index in [-0.39, 0.29) is 0 Å². The Kier molecular flexibility index (Phi) is 1.88. The fraction of sp³-hybridized carbons (Fsp3) is 0.333. The Morgan fingerprint density at radius 1 is 0.889 bits per heavy atom. The van der Waals surface area contributed by atoms with E-state index in [1.807, 2.05) is 0 Å². The summed E-state index contributed by atoms with van der Waals surface area (Å²) in [5, 5.41) is 0. The molecule has 0 amide bonds. The molecule has 0 aliphatic heterocycles. The maximum atomic E-state index is 3.00. The average Bonchev–Trinajstić information content (AvgIpc) is 2.53. The minimum Gasteiger partial charge on any atom is -0.106 e. The van der Waals surface area contributed by atoms with Crippen molar-refractivity contribution in [3.05, 3.63) is 37.5 Å². The number of allylic oxidation sites excluding steroid dienone is 4. The maximum absolute atomic E-state index is 3.00. The van der Waals surface area contributed by atoms with Crippen molar-refractivity contribution in [3.63, 3.8) is 0 Å². The summed E-state index contributed by atoms with van der Waals surface area (Å²) in [6.45, 7) is 6.00. The SMILES string of the molecule is C1=CC2C=CC1C2.C=C. The summed E-state index contributed by atoms with van der Waals surface area (Å²) in [4.78, 5) is 0. The van der Waals surface area contributed by atoms with E-state index in [2.05, 4.69) is 37.5 Å². The molecule has 2 aliphatic rings. The molecule has 2 bridgehead atoms. The van der Waals surface area contributed by atoms with Crippen LogP contribution in [0.25, 0.3) is 0 Å². The molecule has 0 nitrogen and oxygen atoms in total. The summed E-state index contributed by atoms with van der Waals surface area (Å²) in [7, 11) is 0. The Labute approximate surface area is 56.6 Å². The lowest BCUT2D eigenvalue weighted by Gasteiger charge is -1.88. The van der Waals surface area contributed by atoms with Crippen molar-refractivity contribution in [2.45, 2.75) is 6.42 Å². The third-order valence-corrected chi connectivity index (χ3v) is 1.76. The van der Waals surface area contributed by atoms with Gasteiger partial charge in [0.2, 0.25) is 0 Å². The minimum atomic E-state index is 0.810. The van der Waals surface area contributed by atoms with Gasteiger partial charge in [0, 0.05) is 0 Å². The topological polar surface area (TPSA) is 0 Å². The highest BCUT2D eigenvalue weighted by Crippen LogP contribution is 2.31. The highest BCUT2D eigenvalue weighted by Gasteiger charge is 2.19. The summed E-state index contributed by atoms with van der Waals surface area (Å²) >= 11 is 0. The first-order valence-electron chi connectivity index (χ1n) is 3.32. The van der Waals surface area contributed by atoms with E-state index in [0.29, 0.717) is 0 Å². The van der Waals surface area contributed by atoms with Gasteiger partial charge in [0.15, 0.2) is 0 Å². The third-order valence-electron chi connectivity index (χ3n) is 1.76. The van der Waals surface area contributed by atoms with Gasteiger partial charge < -0.3 is 0 Å². The Balaban J connectivity index is 0.000000186. The first-order chi connectivity index (χ1) is 4.45. The lowest BCUT2D eigenvalue weighted by molar-refractivity contribution is 0.732. The molecule has 0 fully saturated rings. The van der Waals surface area contributed by atoms with Gasteiger partial charge in [-0.25, -0.2) is 0 Å². The zero-order chi connectivity index (χ0) is 6.69. The Bertz CT molecular complexity index is 114. The maximum Gasteiger partial charge on any atom is -0.00445 e. The van der Waals surface area contributed by atoms with Gasteiger partial charge in [-0.2, -0.15) is 0 Å². The van der Waals surface area contributed by atoms with Crippen LogP contribution in [0.5, 0.6) is 0 Å². The van der Waals surface area contributed by atoms with Gasteiger partial charge in [-0.15, -0.1) is 13.2 Å². The van der Waals surface area contributed by atoms with Crippen molar-refractivity contribution in [2.75, 3.05) is 0 Å². The van der Waals surface area contributed by atoms with Crippen LogP contribution in [0.2, 0.25) is 0 Å². The number of fused-ring (bicyclic) bond motifs is 2. The predicted molar refractivity (Wildman–Crippen MR) is 41.1 cm³/mol. The van der Waals surface area contributed by atoms with Crippen LogP contribution < -0.4 is 0 Å². The summed E-state index contributed by atoms with van der Waals surface area (Å²) in [6.07, 6.45) is 10.5. The first kappa shape index (κ1) is 6.34. The van der Waals surface area contributed by atoms with E-state index in [0.717, 1.165) is 11.8 Å². The van der Waals surface area contributed by atoms with Gasteiger partial charge in [-0.05, 0) is 18.3 Å². The van der Waals surface area contributed by atoms with Crippen LogP contribution >= 0.6 is 0 Å². The molecule has 0 saturated carbocycles. The van der Waals surface area contributed by atoms with Gasteiger partial charge in [0.05, 0.1) is 0 Å². The van der Waals surface area contributed by atoms with Gasteiger partial charge in [0.25, 0.3) is 0 Å². The summed E-state index contributed by atoms with van der Waals surface area (Å²) < 4.78 is 0. The number of hydrogen-bond donors (Lipinski definition) is 0. The molecule has 0 heterocycles. The fourth-order valence-corrected chi connectivity index (χ4v) is 1.33. The highest BCUT2D eigenvalue weighted by atomic mass is 14.2. The van der Waals surface area contributed by atoms with Crippen LogP contribution in [-0.4, -0.2) is 0 Å². The molecule has 0 atom stereocenters.